The number of aromatic amines is 1. The van der Waals surface area contributed by atoms with Crippen molar-refractivity contribution in [3.8, 4) is 16.9 Å². The number of carbonyl (C=O) groups is 1. The number of H-pyrrole nitrogens is 1. The monoisotopic (exact) mass is 635 g/mol. The molecule has 3 aromatic rings. The molecule has 0 bridgehead atoms. The van der Waals surface area contributed by atoms with Gasteiger partial charge in [-0.3, -0.25) is 9.79 Å². The number of aromatic nitrogens is 2. The van der Waals surface area contributed by atoms with Crippen molar-refractivity contribution in [2.24, 2.45) is 22.2 Å². The van der Waals surface area contributed by atoms with Gasteiger partial charge in [-0.1, -0.05) is 51.1 Å². The minimum Gasteiger partial charge on any atom is -0.491 e. The number of nitrogens with one attached hydrogen (secondary N) is 4. The first-order chi connectivity index (χ1) is 21.6. The molecule has 2 aromatic carbocycles. The third-order valence-corrected chi connectivity index (χ3v) is 6.51. The van der Waals surface area contributed by atoms with E-state index in [1.807, 2.05) is 84.9 Å². The van der Waals surface area contributed by atoms with Gasteiger partial charge in [0.2, 0.25) is 0 Å². The fraction of sp³-hybridized carbons (Fsp3) is 0.471. The van der Waals surface area contributed by atoms with Crippen molar-refractivity contribution in [3.05, 3.63) is 76.0 Å². The number of ether oxygens (including phenoxy) is 1. The molecule has 0 fully saturated rings. The second kappa shape index (κ2) is 17.9. The lowest BCUT2D eigenvalue weighted by Gasteiger charge is -2.21. The molecule has 12 heteroatoms. The van der Waals surface area contributed by atoms with E-state index in [-0.39, 0.29) is 28.5 Å². The van der Waals surface area contributed by atoms with E-state index >= 15 is 0 Å². The van der Waals surface area contributed by atoms with Crippen LogP contribution >= 0.6 is 0 Å². The van der Waals surface area contributed by atoms with Gasteiger partial charge in [0, 0.05) is 30.2 Å². The molecule has 0 radical (unpaired) electrons. The lowest BCUT2D eigenvalue weighted by molar-refractivity contribution is 0.243. The zero-order valence-corrected chi connectivity index (χ0v) is 28.4. The number of amides is 2. The second-order valence-electron chi connectivity index (χ2n) is 13.0. The van der Waals surface area contributed by atoms with Crippen LogP contribution in [0.4, 0.5) is 10.5 Å². The number of rotatable bonds is 12. The molecule has 3 rings (SSSR count). The maximum Gasteiger partial charge on any atom is 0.319 e. The summed E-state index contributed by atoms with van der Waals surface area (Å²) in [5.41, 5.74) is 19.9. The van der Waals surface area contributed by atoms with Crippen molar-refractivity contribution < 1.29 is 9.53 Å². The van der Waals surface area contributed by atoms with E-state index < -0.39 is 0 Å². The van der Waals surface area contributed by atoms with Crippen molar-refractivity contribution in [1.82, 2.24) is 20.6 Å². The minimum absolute atomic E-state index is 0.111. The molecule has 12 nitrogen and oxygen atoms in total. The molecule has 0 saturated carbocycles. The minimum atomic E-state index is -0.278. The third kappa shape index (κ3) is 13.7. The van der Waals surface area contributed by atoms with Crippen LogP contribution in [0.2, 0.25) is 0 Å². The predicted octanol–water partition coefficient (Wildman–Crippen LogP) is 4.13. The average molecular weight is 636 g/mol. The van der Waals surface area contributed by atoms with Crippen molar-refractivity contribution in [2.45, 2.75) is 78.8 Å². The molecule has 0 aliphatic heterocycles. The molecule has 1 heterocycles. The number of urea groups is 1. The quantitative estimate of drug-likeness (QED) is 0.0875. The van der Waals surface area contributed by atoms with Gasteiger partial charge in [0.25, 0.3) is 5.56 Å². The fourth-order valence-corrected chi connectivity index (χ4v) is 4.13. The molecule has 0 aliphatic rings. The van der Waals surface area contributed by atoms with Crippen LogP contribution in [0.25, 0.3) is 11.1 Å². The maximum absolute atomic E-state index is 12.5. The summed E-state index contributed by atoms with van der Waals surface area (Å²) >= 11 is 0. The molecule has 0 aliphatic carbocycles. The summed E-state index contributed by atoms with van der Waals surface area (Å²) < 4.78 is 5.59. The normalized spacial score (nSPS) is 11.2. The van der Waals surface area contributed by atoms with Gasteiger partial charge in [0.05, 0.1) is 17.9 Å². The lowest BCUT2D eigenvalue weighted by Crippen LogP contribution is -2.43. The predicted molar refractivity (Wildman–Crippen MR) is 188 cm³/mol. The van der Waals surface area contributed by atoms with Gasteiger partial charge < -0.3 is 42.9 Å². The molecule has 10 N–H and O–H groups in total. The van der Waals surface area contributed by atoms with E-state index in [1.165, 1.54) is 5.56 Å². The highest BCUT2D eigenvalue weighted by Gasteiger charge is 2.18. The third-order valence-electron chi connectivity index (χ3n) is 6.51. The Balaban J connectivity index is 0.000000341. The summed E-state index contributed by atoms with van der Waals surface area (Å²) in [6, 6.07) is 13.1. The number of nitrogens with zero attached hydrogens (tertiary/aromatic N) is 2. The number of aryl methyl sites for hydroxylation is 1. The van der Waals surface area contributed by atoms with E-state index in [2.05, 4.69) is 30.9 Å². The molecule has 46 heavy (non-hydrogen) atoms. The van der Waals surface area contributed by atoms with E-state index in [0.717, 1.165) is 37.1 Å². The number of carbonyl (C=O) groups excluding carboxylic acids is 1. The Kier molecular flexibility index (Phi) is 14.7. The molecular weight excluding hydrogens is 582 g/mol. The van der Waals surface area contributed by atoms with Crippen LogP contribution in [0.5, 0.6) is 5.75 Å². The first kappa shape index (κ1) is 37.8. The number of hydrogen-bond acceptors (Lipinski definition) is 7. The molecule has 1 aromatic heterocycles. The Labute approximate surface area is 273 Å². The number of para-hydroxylation sites is 2. The van der Waals surface area contributed by atoms with Crippen molar-refractivity contribution in [1.29, 1.82) is 0 Å². The summed E-state index contributed by atoms with van der Waals surface area (Å²) in [7, 11) is 0. The zero-order valence-electron chi connectivity index (χ0n) is 28.4. The number of guanidine groups is 1. The van der Waals surface area contributed by atoms with Crippen LogP contribution in [-0.4, -0.2) is 53.7 Å². The lowest BCUT2D eigenvalue weighted by atomic mass is 9.95. The molecule has 0 atom stereocenters. The molecular formula is C34H53N9O3. The largest absolute Gasteiger partial charge is 0.491 e. The number of aliphatic imine (C=N–C) groups is 1. The molecule has 0 saturated heterocycles. The highest BCUT2D eigenvalue weighted by molar-refractivity contribution is 5.91. The van der Waals surface area contributed by atoms with Crippen molar-refractivity contribution >= 4 is 17.7 Å². The zero-order chi connectivity index (χ0) is 34.3. The Morgan fingerprint density at radius 2 is 1.76 bits per heavy atom. The summed E-state index contributed by atoms with van der Waals surface area (Å²) in [5, 5.41) is 9.00. The van der Waals surface area contributed by atoms with Crippen LogP contribution in [0.15, 0.2) is 58.4 Å². The maximum atomic E-state index is 12.5. The van der Waals surface area contributed by atoms with Crippen LogP contribution < -0.4 is 43.4 Å². The van der Waals surface area contributed by atoms with E-state index in [1.54, 1.807) is 12.3 Å². The van der Waals surface area contributed by atoms with Crippen LogP contribution in [-0.2, 0) is 12.0 Å². The first-order valence-corrected chi connectivity index (χ1v) is 15.6. The Morgan fingerprint density at radius 3 is 2.37 bits per heavy atom. The van der Waals surface area contributed by atoms with E-state index in [0.29, 0.717) is 42.5 Å². The van der Waals surface area contributed by atoms with Gasteiger partial charge in [0.15, 0.2) is 5.96 Å². The van der Waals surface area contributed by atoms with Crippen molar-refractivity contribution in [3.63, 3.8) is 0 Å². The number of hydrogen-bond donors (Lipinski definition) is 7. The highest BCUT2D eigenvalue weighted by Crippen LogP contribution is 2.24. The van der Waals surface area contributed by atoms with Gasteiger partial charge in [-0.05, 0) is 82.4 Å². The van der Waals surface area contributed by atoms with Crippen molar-refractivity contribution in [2.75, 3.05) is 31.6 Å². The van der Waals surface area contributed by atoms with Gasteiger partial charge >= 0.3 is 6.03 Å². The number of nitrogens with two attached hydrogens (primary N) is 3. The number of benzene rings is 2. The second-order valence-corrected chi connectivity index (χ2v) is 13.0. The summed E-state index contributed by atoms with van der Waals surface area (Å²) in [6.07, 6.45) is 3.31. The fourth-order valence-electron chi connectivity index (χ4n) is 4.13. The molecule has 0 unspecified atom stereocenters. The topological polar surface area (TPSA) is 199 Å². The first-order valence-electron chi connectivity index (χ1n) is 15.6. The van der Waals surface area contributed by atoms with Crippen LogP contribution in [0.3, 0.4) is 0 Å². The Bertz CT molecular complexity index is 1480. The summed E-state index contributed by atoms with van der Waals surface area (Å²) in [5.74, 6) is 1.47. The summed E-state index contributed by atoms with van der Waals surface area (Å²) in [6.45, 7) is 17.2. The average Bonchev–Trinajstić information content (AvgIpc) is 2.95. The van der Waals surface area contributed by atoms with E-state index in [9.17, 15) is 9.59 Å². The van der Waals surface area contributed by atoms with Crippen LogP contribution in [0.1, 0.15) is 71.3 Å². The van der Waals surface area contributed by atoms with Gasteiger partial charge in [-0.2, -0.15) is 0 Å². The molecule has 0 spiro atoms. The number of anilines is 1. The molecule has 252 valence electrons. The Hall–Kier alpha value is -4.42. The highest BCUT2D eigenvalue weighted by atomic mass is 16.5. The molecule has 2 amide bonds. The SMILES string of the molecule is CC(C)(C)NC(=O)Nc1ccccc1OCCCN.Cc1cc(-c2cnc(C(C)(C)C)[nH]c2=O)ccc1CNCCCN=C(N)N. The standard InChI is InChI=1S/C20H30N6O.C14H23N3O2/c1-13-10-14(16-12-25-18(20(2,3)4)26-17(16)27)6-7-15(13)11-23-8-5-9-24-19(21)22;1-14(2,3)17-13(18)16-11-7-4-5-8-12(11)19-10-6-9-15/h6-7,10,12,23H,5,8-9,11H2,1-4H3,(H4,21,22,24)(H,25,26,27);4-5,7-8H,6,9-10,15H2,1-3H3,(H2,16,17,18). The smallest absolute Gasteiger partial charge is 0.319 e. The van der Waals surface area contributed by atoms with Gasteiger partial charge in [-0.15, -0.1) is 0 Å². The van der Waals surface area contributed by atoms with Crippen LogP contribution in [0, 0.1) is 6.92 Å². The van der Waals surface area contributed by atoms with E-state index in [4.69, 9.17) is 21.9 Å². The van der Waals surface area contributed by atoms with Gasteiger partial charge in [-0.25, -0.2) is 9.78 Å². The Morgan fingerprint density at radius 1 is 1.04 bits per heavy atom. The summed E-state index contributed by atoms with van der Waals surface area (Å²) in [4.78, 5) is 35.6. The van der Waals surface area contributed by atoms with Gasteiger partial charge in [0.1, 0.15) is 11.6 Å².